The summed E-state index contributed by atoms with van der Waals surface area (Å²) in [6, 6.07) is 5.98. The summed E-state index contributed by atoms with van der Waals surface area (Å²) in [5.41, 5.74) is 10.8. The van der Waals surface area contributed by atoms with Crippen LogP contribution in [0.3, 0.4) is 0 Å². The summed E-state index contributed by atoms with van der Waals surface area (Å²) >= 11 is 0. The van der Waals surface area contributed by atoms with Crippen molar-refractivity contribution >= 4 is 5.69 Å². The Morgan fingerprint density at radius 1 is 1.19 bits per heavy atom. The molecule has 0 bridgehead atoms. The summed E-state index contributed by atoms with van der Waals surface area (Å²) < 4.78 is 11.2. The van der Waals surface area contributed by atoms with Crippen molar-refractivity contribution in [1.82, 2.24) is 4.98 Å². The first kappa shape index (κ1) is 15.2. The van der Waals surface area contributed by atoms with Crippen LogP contribution in [0, 0.1) is 13.8 Å². The van der Waals surface area contributed by atoms with E-state index in [-0.39, 0.29) is 0 Å². The summed E-state index contributed by atoms with van der Waals surface area (Å²) in [5.74, 6) is 1.46. The Labute approximate surface area is 125 Å². The number of nitrogen functional groups attached to an aromatic ring is 1. The van der Waals surface area contributed by atoms with Crippen molar-refractivity contribution in [3.63, 3.8) is 0 Å². The molecular formula is C17H22N2O2. The van der Waals surface area contributed by atoms with Crippen molar-refractivity contribution in [3.05, 3.63) is 46.8 Å². The van der Waals surface area contributed by atoms with Crippen LogP contribution in [0.25, 0.3) is 0 Å². The number of hydrogen-bond acceptors (Lipinski definition) is 4. The molecule has 112 valence electrons. The highest BCUT2D eigenvalue weighted by Crippen LogP contribution is 2.29. The zero-order chi connectivity index (χ0) is 15.4. The zero-order valence-electron chi connectivity index (χ0n) is 13.1. The predicted octanol–water partition coefficient (Wildman–Crippen LogP) is 3.43. The maximum absolute atomic E-state index is 6.03. The minimum atomic E-state index is 0.373. The molecule has 0 radical (unpaired) electrons. The van der Waals surface area contributed by atoms with Crippen LogP contribution in [-0.4, -0.2) is 12.1 Å². The van der Waals surface area contributed by atoms with E-state index in [2.05, 4.69) is 11.9 Å². The van der Waals surface area contributed by atoms with Crippen LogP contribution in [0.5, 0.6) is 11.5 Å². The number of nitrogens with zero attached hydrogens (tertiary/aromatic N) is 1. The fourth-order valence-electron chi connectivity index (χ4n) is 2.14. The summed E-state index contributed by atoms with van der Waals surface area (Å²) in [6.45, 7) is 6.40. The number of nitrogens with two attached hydrogens (primary N) is 1. The Hall–Kier alpha value is -2.23. The highest BCUT2D eigenvalue weighted by atomic mass is 16.5. The Morgan fingerprint density at radius 2 is 1.95 bits per heavy atom. The van der Waals surface area contributed by atoms with E-state index in [4.69, 9.17) is 15.2 Å². The van der Waals surface area contributed by atoms with Gasteiger partial charge in [0.05, 0.1) is 12.8 Å². The van der Waals surface area contributed by atoms with Gasteiger partial charge in [-0.1, -0.05) is 13.0 Å². The number of rotatable bonds is 5. The predicted molar refractivity (Wildman–Crippen MR) is 84.8 cm³/mol. The van der Waals surface area contributed by atoms with Gasteiger partial charge in [0.1, 0.15) is 6.61 Å². The molecule has 4 heteroatoms. The fraction of sp³-hybridized carbons (Fsp3) is 0.353. The van der Waals surface area contributed by atoms with Crippen molar-refractivity contribution in [2.45, 2.75) is 33.8 Å². The van der Waals surface area contributed by atoms with Crippen LogP contribution in [0.4, 0.5) is 5.69 Å². The van der Waals surface area contributed by atoms with Crippen LogP contribution in [0.1, 0.15) is 29.3 Å². The van der Waals surface area contributed by atoms with Crippen LogP contribution in [0.2, 0.25) is 0 Å². The van der Waals surface area contributed by atoms with Gasteiger partial charge < -0.3 is 15.2 Å². The Bertz CT molecular complexity index is 639. The summed E-state index contributed by atoms with van der Waals surface area (Å²) in [7, 11) is 1.65. The van der Waals surface area contributed by atoms with Crippen molar-refractivity contribution in [2.75, 3.05) is 12.8 Å². The first-order chi connectivity index (χ1) is 10.1. The molecule has 1 aromatic heterocycles. The molecule has 0 spiro atoms. The van der Waals surface area contributed by atoms with Gasteiger partial charge in [-0.15, -0.1) is 0 Å². The molecule has 1 aromatic carbocycles. The van der Waals surface area contributed by atoms with Crippen molar-refractivity contribution in [3.8, 4) is 11.5 Å². The highest BCUT2D eigenvalue weighted by molar-refractivity contribution is 5.53. The summed E-state index contributed by atoms with van der Waals surface area (Å²) in [6.07, 6.45) is 2.74. The van der Waals surface area contributed by atoms with Gasteiger partial charge in [-0.05, 0) is 49.1 Å². The topological polar surface area (TPSA) is 57.4 Å². The number of aromatic nitrogens is 1. The van der Waals surface area contributed by atoms with Gasteiger partial charge in [0.2, 0.25) is 0 Å². The van der Waals surface area contributed by atoms with Crippen LogP contribution < -0.4 is 15.2 Å². The molecule has 0 aliphatic carbocycles. The maximum Gasteiger partial charge on any atom is 0.161 e. The largest absolute Gasteiger partial charge is 0.493 e. The Kier molecular flexibility index (Phi) is 4.68. The van der Waals surface area contributed by atoms with Crippen LogP contribution >= 0.6 is 0 Å². The molecule has 0 saturated carbocycles. The average molecular weight is 286 g/mol. The molecule has 2 aromatic rings. The lowest BCUT2D eigenvalue weighted by atomic mass is 10.1. The van der Waals surface area contributed by atoms with Crippen LogP contribution in [-0.2, 0) is 13.0 Å². The van der Waals surface area contributed by atoms with E-state index in [1.165, 1.54) is 5.56 Å². The Balaban J connectivity index is 2.18. The number of benzene rings is 1. The number of methoxy groups -OCH3 is 1. The molecule has 1 heterocycles. The Morgan fingerprint density at radius 3 is 2.62 bits per heavy atom. The van der Waals surface area contributed by atoms with E-state index in [0.29, 0.717) is 6.61 Å². The number of pyridine rings is 1. The monoisotopic (exact) mass is 286 g/mol. The van der Waals surface area contributed by atoms with Gasteiger partial charge >= 0.3 is 0 Å². The molecule has 0 fully saturated rings. The van der Waals surface area contributed by atoms with Gasteiger partial charge in [0.25, 0.3) is 0 Å². The van der Waals surface area contributed by atoms with Gasteiger partial charge in [-0.25, -0.2) is 0 Å². The normalized spacial score (nSPS) is 10.5. The zero-order valence-corrected chi connectivity index (χ0v) is 13.1. The van der Waals surface area contributed by atoms with E-state index in [0.717, 1.165) is 40.4 Å². The molecule has 0 atom stereocenters. The minimum Gasteiger partial charge on any atom is -0.493 e. The third-order valence-corrected chi connectivity index (χ3v) is 3.68. The van der Waals surface area contributed by atoms with E-state index in [1.807, 2.05) is 32.0 Å². The SMILES string of the molecule is CCc1ccc(OCc2ncc(C)c(N)c2C)c(OC)c1. The first-order valence-corrected chi connectivity index (χ1v) is 7.07. The van der Waals surface area contributed by atoms with Crippen LogP contribution in [0.15, 0.2) is 24.4 Å². The van der Waals surface area contributed by atoms with Gasteiger partial charge in [-0.3, -0.25) is 4.98 Å². The molecule has 0 amide bonds. The van der Waals surface area contributed by atoms with E-state index in [9.17, 15) is 0 Å². The molecular weight excluding hydrogens is 264 g/mol. The molecule has 2 rings (SSSR count). The third kappa shape index (κ3) is 3.27. The van der Waals surface area contributed by atoms with Gasteiger partial charge in [0, 0.05) is 11.9 Å². The summed E-state index contributed by atoms with van der Waals surface area (Å²) in [4.78, 5) is 4.40. The molecule has 0 aliphatic rings. The number of anilines is 1. The average Bonchev–Trinajstić information content (AvgIpc) is 2.52. The van der Waals surface area contributed by atoms with Gasteiger partial charge in [-0.2, -0.15) is 0 Å². The molecule has 0 unspecified atom stereocenters. The molecule has 2 N–H and O–H groups in total. The quantitative estimate of drug-likeness (QED) is 0.915. The smallest absolute Gasteiger partial charge is 0.161 e. The lowest BCUT2D eigenvalue weighted by Gasteiger charge is -2.14. The summed E-state index contributed by atoms with van der Waals surface area (Å²) in [5, 5.41) is 0. The second-order valence-corrected chi connectivity index (χ2v) is 5.05. The van der Waals surface area contributed by atoms with E-state index >= 15 is 0 Å². The van der Waals surface area contributed by atoms with Crippen molar-refractivity contribution < 1.29 is 9.47 Å². The standard InChI is InChI=1S/C17H22N2O2/c1-5-13-6-7-15(16(8-13)20-4)21-10-14-12(3)17(18)11(2)9-19-14/h6-9H,5,10H2,1-4H3,(H2,18,19). The first-order valence-electron chi connectivity index (χ1n) is 7.07. The second-order valence-electron chi connectivity index (χ2n) is 5.05. The molecule has 0 saturated heterocycles. The molecule has 21 heavy (non-hydrogen) atoms. The maximum atomic E-state index is 6.03. The lowest BCUT2D eigenvalue weighted by Crippen LogP contribution is -2.06. The fourth-order valence-corrected chi connectivity index (χ4v) is 2.14. The lowest BCUT2D eigenvalue weighted by molar-refractivity contribution is 0.280. The number of hydrogen-bond donors (Lipinski definition) is 1. The highest BCUT2D eigenvalue weighted by Gasteiger charge is 2.09. The number of aryl methyl sites for hydroxylation is 2. The van der Waals surface area contributed by atoms with E-state index < -0.39 is 0 Å². The van der Waals surface area contributed by atoms with Crippen molar-refractivity contribution in [1.29, 1.82) is 0 Å². The number of ether oxygens (including phenoxy) is 2. The molecule has 0 aliphatic heterocycles. The second kappa shape index (κ2) is 6.48. The molecule has 4 nitrogen and oxygen atoms in total. The third-order valence-electron chi connectivity index (χ3n) is 3.68. The minimum absolute atomic E-state index is 0.373. The van der Waals surface area contributed by atoms with E-state index in [1.54, 1.807) is 13.3 Å². The van der Waals surface area contributed by atoms with Crippen molar-refractivity contribution in [2.24, 2.45) is 0 Å². The van der Waals surface area contributed by atoms with Gasteiger partial charge in [0.15, 0.2) is 11.5 Å².